The smallest absolute Gasteiger partial charge is 0.407 e. The van der Waals surface area contributed by atoms with E-state index >= 15 is 0 Å². The highest BCUT2D eigenvalue weighted by Crippen LogP contribution is 2.22. The van der Waals surface area contributed by atoms with Crippen molar-refractivity contribution in [2.45, 2.75) is 13.0 Å². The third kappa shape index (κ3) is 2.32. The highest BCUT2D eigenvalue weighted by molar-refractivity contribution is 5.66. The van der Waals surface area contributed by atoms with Crippen LogP contribution in [0.4, 0.5) is 20.6 Å². The molecule has 1 fully saturated rings. The van der Waals surface area contributed by atoms with Gasteiger partial charge in [-0.15, -0.1) is 0 Å². The van der Waals surface area contributed by atoms with Crippen LogP contribution >= 0.6 is 0 Å². The van der Waals surface area contributed by atoms with Gasteiger partial charge < -0.3 is 20.6 Å². The number of hydrogen-bond acceptors (Lipinski definition) is 3. The second kappa shape index (κ2) is 4.72. The van der Waals surface area contributed by atoms with Gasteiger partial charge in [0.1, 0.15) is 5.82 Å². The lowest BCUT2D eigenvalue weighted by atomic mass is 10.1. The lowest BCUT2D eigenvalue weighted by molar-refractivity contribution is 0.122. The fraction of sp³-hybridized carbons (Fsp3) is 0.417. The Morgan fingerprint density at radius 2 is 2.22 bits per heavy atom. The van der Waals surface area contributed by atoms with Gasteiger partial charge in [0.2, 0.25) is 0 Å². The van der Waals surface area contributed by atoms with E-state index in [-0.39, 0.29) is 11.7 Å². The maximum atomic E-state index is 13.4. The van der Waals surface area contributed by atoms with E-state index in [9.17, 15) is 9.18 Å². The van der Waals surface area contributed by atoms with Gasteiger partial charge in [0.25, 0.3) is 0 Å². The van der Waals surface area contributed by atoms with Crippen LogP contribution in [-0.2, 0) is 0 Å². The molecule has 1 aromatic carbocycles. The lowest BCUT2D eigenvalue weighted by Gasteiger charge is -2.39. The SMILES string of the molecule is C[C@@H]1CN(c2ccc(N)c(F)c2)CCN1C(=O)O. The molecule has 1 aromatic rings. The minimum atomic E-state index is -0.911. The molecule has 1 atom stereocenters. The maximum absolute atomic E-state index is 13.4. The van der Waals surface area contributed by atoms with Crippen molar-refractivity contribution >= 4 is 17.5 Å². The summed E-state index contributed by atoms with van der Waals surface area (Å²) in [5.74, 6) is -0.444. The van der Waals surface area contributed by atoms with E-state index in [0.29, 0.717) is 19.6 Å². The van der Waals surface area contributed by atoms with Gasteiger partial charge in [0.15, 0.2) is 0 Å². The van der Waals surface area contributed by atoms with Crippen LogP contribution in [0.3, 0.4) is 0 Å². The number of nitrogen functional groups attached to an aromatic ring is 1. The van der Waals surface area contributed by atoms with Gasteiger partial charge in [0, 0.05) is 31.4 Å². The number of nitrogens with zero attached hydrogens (tertiary/aromatic N) is 2. The molecule has 1 heterocycles. The van der Waals surface area contributed by atoms with Crippen LogP contribution in [0.15, 0.2) is 18.2 Å². The Labute approximate surface area is 105 Å². The molecule has 0 radical (unpaired) electrons. The molecule has 2 rings (SSSR count). The molecule has 0 saturated carbocycles. The molecule has 98 valence electrons. The monoisotopic (exact) mass is 253 g/mol. The predicted octanol–water partition coefficient (Wildman–Crippen LogP) is 1.60. The zero-order chi connectivity index (χ0) is 13.3. The van der Waals surface area contributed by atoms with Gasteiger partial charge in [-0.25, -0.2) is 9.18 Å². The lowest BCUT2D eigenvalue weighted by Crippen LogP contribution is -2.53. The van der Waals surface area contributed by atoms with Gasteiger partial charge in [-0.1, -0.05) is 0 Å². The van der Waals surface area contributed by atoms with E-state index in [4.69, 9.17) is 10.8 Å². The van der Waals surface area contributed by atoms with Gasteiger partial charge in [0.05, 0.1) is 5.69 Å². The van der Waals surface area contributed by atoms with E-state index in [1.807, 2.05) is 11.8 Å². The molecule has 1 amide bonds. The quantitative estimate of drug-likeness (QED) is 0.746. The van der Waals surface area contributed by atoms with Crippen LogP contribution in [0.2, 0.25) is 0 Å². The molecular weight excluding hydrogens is 237 g/mol. The number of carbonyl (C=O) groups is 1. The summed E-state index contributed by atoms with van der Waals surface area (Å²) >= 11 is 0. The molecule has 6 heteroatoms. The van der Waals surface area contributed by atoms with Crippen molar-refractivity contribution in [3.63, 3.8) is 0 Å². The Balaban J connectivity index is 2.12. The van der Waals surface area contributed by atoms with Gasteiger partial charge >= 0.3 is 6.09 Å². The summed E-state index contributed by atoms with van der Waals surface area (Å²) in [5.41, 5.74) is 6.28. The summed E-state index contributed by atoms with van der Waals surface area (Å²) in [4.78, 5) is 14.3. The van der Waals surface area contributed by atoms with Crippen molar-refractivity contribution in [1.29, 1.82) is 0 Å². The van der Waals surface area contributed by atoms with Crippen LogP contribution in [-0.4, -0.2) is 41.8 Å². The fourth-order valence-electron chi connectivity index (χ4n) is 2.19. The molecule has 1 aliphatic rings. The van der Waals surface area contributed by atoms with Crippen molar-refractivity contribution < 1.29 is 14.3 Å². The number of benzene rings is 1. The first-order valence-corrected chi connectivity index (χ1v) is 5.78. The maximum Gasteiger partial charge on any atom is 0.407 e. The number of anilines is 2. The van der Waals surface area contributed by atoms with Crippen LogP contribution < -0.4 is 10.6 Å². The molecular formula is C12H16FN3O2. The third-order valence-electron chi connectivity index (χ3n) is 3.22. The molecule has 1 saturated heterocycles. The first-order chi connectivity index (χ1) is 8.49. The van der Waals surface area contributed by atoms with Gasteiger partial charge in [-0.05, 0) is 25.1 Å². The Hall–Kier alpha value is -1.98. The highest BCUT2D eigenvalue weighted by atomic mass is 19.1. The average Bonchev–Trinajstić information content (AvgIpc) is 2.32. The molecule has 0 unspecified atom stereocenters. The van der Waals surface area contributed by atoms with E-state index in [2.05, 4.69) is 0 Å². The van der Waals surface area contributed by atoms with E-state index < -0.39 is 11.9 Å². The minimum Gasteiger partial charge on any atom is -0.465 e. The summed E-state index contributed by atoms with van der Waals surface area (Å²) in [6.07, 6.45) is -0.911. The van der Waals surface area contributed by atoms with Crippen molar-refractivity contribution in [3.05, 3.63) is 24.0 Å². The van der Waals surface area contributed by atoms with Gasteiger partial charge in [-0.3, -0.25) is 0 Å². The van der Waals surface area contributed by atoms with E-state index in [1.54, 1.807) is 6.07 Å². The number of hydrogen-bond donors (Lipinski definition) is 2. The predicted molar refractivity (Wildman–Crippen MR) is 67.2 cm³/mol. The molecule has 1 aliphatic heterocycles. The van der Waals surface area contributed by atoms with Crippen LogP contribution in [0.5, 0.6) is 0 Å². The molecule has 5 nitrogen and oxygen atoms in total. The number of nitrogens with two attached hydrogens (primary N) is 1. The molecule has 0 aliphatic carbocycles. The highest BCUT2D eigenvalue weighted by Gasteiger charge is 2.27. The van der Waals surface area contributed by atoms with Crippen LogP contribution in [0.25, 0.3) is 0 Å². The summed E-state index contributed by atoms with van der Waals surface area (Å²) in [7, 11) is 0. The van der Waals surface area contributed by atoms with Crippen molar-refractivity contribution in [2.75, 3.05) is 30.3 Å². The Morgan fingerprint density at radius 3 is 2.78 bits per heavy atom. The zero-order valence-corrected chi connectivity index (χ0v) is 10.1. The summed E-state index contributed by atoms with van der Waals surface area (Å²) in [5, 5.41) is 8.98. The van der Waals surface area contributed by atoms with Crippen LogP contribution in [0, 0.1) is 5.82 Å². The Morgan fingerprint density at radius 1 is 1.50 bits per heavy atom. The van der Waals surface area contributed by atoms with Crippen LogP contribution in [0.1, 0.15) is 6.92 Å². The summed E-state index contributed by atoms with van der Waals surface area (Å²) in [6.45, 7) is 3.37. The Kier molecular flexibility index (Phi) is 3.27. The topological polar surface area (TPSA) is 69.8 Å². The average molecular weight is 253 g/mol. The second-order valence-corrected chi connectivity index (χ2v) is 4.48. The normalized spacial score (nSPS) is 20.0. The van der Waals surface area contributed by atoms with Crippen molar-refractivity contribution in [2.24, 2.45) is 0 Å². The first-order valence-electron chi connectivity index (χ1n) is 5.78. The first kappa shape index (κ1) is 12.5. The number of carboxylic acid groups (broad SMARTS) is 1. The summed E-state index contributed by atoms with van der Waals surface area (Å²) < 4.78 is 13.4. The largest absolute Gasteiger partial charge is 0.465 e. The third-order valence-corrected chi connectivity index (χ3v) is 3.22. The fourth-order valence-corrected chi connectivity index (χ4v) is 2.19. The molecule has 0 aromatic heterocycles. The molecule has 18 heavy (non-hydrogen) atoms. The molecule has 0 spiro atoms. The Bertz CT molecular complexity index is 467. The second-order valence-electron chi connectivity index (χ2n) is 4.48. The van der Waals surface area contributed by atoms with E-state index in [1.165, 1.54) is 17.0 Å². The van der Waals surface area contributed by atoms with E-state index in [0.717, 1.165) is 5.69 Å². The zero-order valence-electron chi connectivity index (χ0n) is 10.1. The van der Waals surface area contributed by atoms with Crippen molar-refractivity contribution in [3.8, 4) is 0 Å². The number of amides is 1. The minimum absolute atomic E-state index is 0.114. The molecule has 0 bridgehead atoms. The number of rotatable bonds is 1. The standard InChI is InChI=1S/C12H16FN3O2/c1-8-7-15(4-5-16(8)12(17)18)9-2-3-11(14)10(13)6-9/h2-3,6,8H,4-5,7,14H2,1H3,(H,17,18)/t8-/m1/s1. The van der Waals surface area contributed by atoms with Crippen molar-refractivity contribution in [1.82, 2.24) is 4.90 Å². The molecule has 3 N–H and O–H groups in total. The number of piperazine rings is 1. The number of halogens is 1. The summed E-state index contributed by atoms with van der Waals surface area (Å²) in [6, 6.07) is 4.55. The van der Waals surface area contributed by atoms with Gasteiger partial charge in [-0.2, -0.15) is 0 Å².